The van der Waals surface area contributed by atoms with E-state index in [1.165, 1.54) is 0 Å². The van der Waals surface area contributed by atoms with E-state index in [2.05, 4.69) is 15.9 Å². The molecule has 19 heavy (non-hydrogen) atoms. The van der Waals surface area contributed by atoms with Crippen molar-refractivity contribution in [1.29, 1.82) is 0 Å². The number of carbonyl (C=O) groups excluding carboxylic acids is 1. The molecule has 104 valence electrons. The van der Waals surface area contributed by atoms with Gasteiger partial charge >= 0.3 is 0 Å². The number of hydrogen-bond donors (Lipinski definition) is 0. The quantitative estimate of drug-likeness (QED) is 0.568. The summed E-state index contributed by atoms with van der Waals surface area (Å²) in [4.78, 5) is 12.0. The second-order valence-corrected chi connectivity index (χ2v) is 7.04. The third-order valence-electron chi connectivity index (χ3n) is 3.24. The van der Waals surface area contributed by atoms with E-state index in [0.29, 0.717) is 6.42 Å². The number of Topliss-reactive ketones (excluding diaryl/α,β-unsaturated/α-hetero) is 1. The summed E-state index contributed by atoms with van der Waals surface area (Å²) in [7, 11) is 0. The molecule has 0 atom stereocenters. The van der Waals surface area contributed by atoms with Crippen LogP contribution in [0.4, 0.5) is 0 Å². The van der Waals surface area contributed by atoms with E-state index >= 15 is 0 Å². The number of ketones is 1. The first kappa shape index (κ1) is 15.1. The molecule has 0 aromatic heterocycles. The van der Waals surface area contributed by atoms with Crippen LogP contribution in [-0.2, 0) is 4.74 Å². The highest BCUT2D eigenvalue weighted by Crippen LogP contribution is 2.23. The van der Waals surface area contributed by atoms with Crippen LogP contribution >= 0.6 is 27.7 Å². The maximum atomic E-state index is 12.0. The number of benzene rings is 1. The predicted molar refractivity (Wildman–Crippen MR) is 84.0 cm³/mol. The van der Waals surface area contributed by atoms with E-state index in [0.717, 1.165) is 53.5 Å². The lowest BCUT2D eigenvalue weighted by atomic mass is 10.1. The molecule has 1 saturated heterocycles. The molecule has 0 unspecified atom stereocenters. The van der Waals surface area contributed by atoms with Crippen LogP contribution in [0.15, 0.2) is 28.7 Å². The lowest BCUT2D eigenvalue weighted by molar-refractivity contribution is 0.0979. The van der Waals surface area contributed by atoms with Gasteiger partial charge in [0, 0.05) is 34.9 Å². The molecular weight excluding hydrogens is 324 g/mol. The highest BCUT2D eigenvalue weighted by molar-refractivity contribution is 9.10. The summed E-state index contributed by atoms with van der Waals surface area (Å²) in [5.74, 6) is 1.33. The van der Waals surface area contributed by atoms with E-state index in [1.54, 1.807) is 0 Å². The summed E-state index contributed by atoms with van der Waals surface area (Å²) < 4.78 is 6.35. The Balaban J connectivity index is 1.64. The first-order chi connectivity index (χ1) is 9.25. The first-order valence-corrected chi connectivity index (χ1v) is 8.58. The van der Waals surface area contributed by atoms with Gasteiger partial charge in [-0.2, -0.15) is 11.8 Å². The van der Waals surface area contributed by atoms with E-state index in [9.17, 15) is 4.79 Å². The van der Waals surface area contributed by atoms with Gasteiger partial charge < -0.3 is 4.74 Å². The summed E-state index contributed by atoms with van der Waals surface area (Å²) in [5, 5.41) is 0.733. The van der Waals surface area contributed by atoms with Gasteiger partial charge in [0.05, 0.1) is 0 Å². The molecule has 1 aliphatic rings. The number of halogens is 1. The zero-order valence-corrected chi connectivity index (χ0v) is 13.3. The van der Waals surface area contributed by atoms with Crippen molar-refractivity contribution in [2.75, 3.05) is 19.0 Å². The second-order valence-electron chi connectivity index (χ2n) is 4.72. The maximum absolute atomic E-state index is 12.0. The fourth-order valence-corrected chi connectivity index (χ4v) is 3.54. The molecule has 0 spiro atoms. The lowest BCUT2D eigenvalue weighted by Gasteiger charge is -2.21. The largest absolute Gasteiger partial charge is 0.381 e. The van der Waals surface area contributed by atoms with Crippen molar-refractivity contribution in [3.63, 3.8) is 0 Å². The molecular formula is C15H19BrO2S. The highest BCUT2D eigenvalue weighted by atomic mass is 79.9. The van der Waals surface area contributed by atoms with Gasteiger partial charge in [-0.15, -0.1) is 0 Å². The van der Waals surface area contributed by atoms with Crippen LogP contribution in [-0.4, -0.2) is 30.0 Å². The van der Waals surface area contributed by atoms with Gasteiger partial charge in [-0.05, 0) is 37.1 Å². The van der Waals surface area contributed by atoms with Crippen molar-refractivity contribution in [3.8, 4) is 0 Å². The van der Waals surface area contributed by atoms with Crippen LogP contribution in [0.1, 0.15) is 36.0 Å². The fraction of sp³-hybridized carbons (Fsp3) is 0.533. The standard InChI is InChI=1S/C15H19BrO2S/c16-13-5-3-12(4-6-13)15(17)2-1-11-19-14-7-9-18-10-8-14/h3-6,14H,1-2,7-11H2. The molecule has 1 heterocycles. The molecule has 2 nitrogen and oxygen atoms in total. The molecule has 1 aromatic rings. The van der Waals surface area contributed by atoms with Crippen molar-refractivity contribution in [1.82, 2.24) is 0 Å². The molecule has 0 N–H and O–H groups in total. The fourth-order valence-electron chi connectivity index (χ4n) is 2.11. The Morgan fingerprint density at radius 2 is 1.95 bits per heavy atom. The van der Waals surface area contributed by atoms with E-state index in [4.69, 9.17) is 4.74 Å². The molecule has 0 bridgehead atoms. The zero-order valence-electron chi connectivity index (χ0n) is 10.9. The van der Waals surface area contributed by atoms with Crippen LogP contribution < -0.4 is 0 Å². The van der Waals surface area contributed by atoms with E-state index in [1.807, 2.05) is 36.0 Å². The number of hydrogen-bond acceptors (Lipinski definition) is 3. The van der Waals surface area contributed by atoms with Gasteiger partial charge in [0.25, 0.3) is 0 Å². The summed E-state index contributed by atoms with van der Waals surface area (Å²) in [5.41, 5.74) is 0.819. The van der Waals surface area contributed by atoms with Crippen molar-refractivity contribution >= 4 is 33.5 Å². The molecule has 1 aliphatic heterocycles. The first-order valence-electron chi connectivity index (χ1n) is 6.74. The van der Waals surface area contributed by atoms with E-state index in [-0.39, 0.29) is 5.78 Å². The number of thioether (sulfide) groups is 1. The maximum Gasteiger partial charge on any atom is 0.162 e. The average Bonchev–Trinajstić information content (AvgIpc) is 2.45. The van der Waals surface area contributed by atoms with Crippen molar-refractivity contribution in [3.05, 3.63) is 34.3 Å². The third kappa shape index (κ3) is 5.28. The molecule has 0 amide bonds. The van der Waals surface area contributed by atoms with Gasteiger partial charge in [0.2, 0.25) is 0 Å². The normalized spacial score (nSPS) is 16.5. The van der Waals surface area contributed by atoms with Gasteiger partial charge in [0.1, 0.15) is 0 Å². The Morgan fingerprint density at radius 3 is 2.63 bits per heavy atom. The molecule has 0 aliphatic carbocycles. The Bertz CT molecular complexity index is 399. The second kappa shape index (κ2) is 8.08. The highest BCUT2D eigenvalue weighted by Gasteiger charge is 2.14. The van der Waals surface area contributed by atoms with Gasteiger partial charge in [0.15, 0.2) is 5.78 Å². The molecule has 2 rings (SSSR count). The predicted octanol–water partition coefficient (Wildman–Crippen LogP) is 4.32. The minimum atomic E-state index is 0.250. The van der Waals surface area contributed by atoms with Crippen LogP contribution in [0, 0.1) is 0 Å². The Labute approximate surface area is 127 Å². The molecule has 0 radical (unpaired) electrons. The van der Waals surface area contributed by atoms with E-state index < -0.39 is 0 Å². The van der Waals surface area contributed by atoms with Crippen molar-refractivity contribution < 1.29 is 9.53 Å². The smallest absolute Gasteiger partial charge is 0.162 e. The number of carbonyl (C=O) groups is 1. The van der Waals surface area contributed by atoms with Gasteiger partial charge in [-0.3, -0.25) is 4.79 Å². The number of rotatable bonds is 6. The van der Waals surface area contributed by atoms with Crippen molar-refractivity contribution in [2.45, 2.75) is 30.9 Å². The Hall–Kier alpha value is -0.320. The lowest BCUT2D eigenvalue weighted by Crippen LogP contribution is -2.17. The molecule has 1 fully saturated rings. The molecule has 1 aromatic carbocycles. The van der Waals surface area contributed by atoms with Gasteiger partial charge in [-0.25, -0.2) is 0 Å². The Morgan fingerprint density at radius 1 is 1.26 bits per heavy atom. The minimum absolute atomic E-state index is 0.250. The summed E-state index contributed by atoms with van der Waals surface area (Å²) in [6, 6.07) is 7.62. The monoisotopic (exact) mass is 342 g/mol. The van der Waals surface area contributed by atoms with Crippen LogP contribution in [0.3, 0.4) is 0 Å². The topological polar surface area (TPSA) is 26.3 Å². The summed E-state index contributed by atoms with van der Waals surface area (Å²) in [6.45, 7) is 1.80. The number of ether oxygens (including phenoxy) is 1. The third-order valence-corrected chi connectivity index (χ3v) is 5.23. The van der Waals surface area contributed by atoms with Crippen LogP contribution in [0.2, 0.25) is 0 Å². The molecule has 0 saturated carbocycles. The zero-order chi connectivity index (χ0) is 13.5. The Kier molecular flexibility index (Phi) is 6.41. The van der Waals surface area contributed by atoms with Crippen molar-refractivity contribution in [2.24, 2.45) is 0 Å². The van der Waals surface area contributed by atoms with Crippen LogP contribution in [0.25, 0.3) is 0 Å². The summed E-state index contributed by atoms with van der Waals surface area (Å²) >= 11 is 5.37. The molecule has 4 heteroatoms. The minimum Gasteiger partial charge on any atom is -0.381 e. The van der Waals surface area contributed by atoms with Crippen LogP contribution in [0.5, 0.6) is 0 Å². The summed E-state index contributed by atoms with van der Waals surface area (Å²) in [6.07, 6.45) is 3.94. The van der Waals surface area contributed by atoms with Gasteiger partial charge in [-0.1, -0.05) is 28.1 Å². The SMILES string of the molecule is O=C(CCCSC1CCOCC1)c1ccc(Br)cc1. The average molecular weight is 343 g/mol.